The van der Waals surface area contributed by atoms with E-state index in [-0.39, 0.29) is 12.0 Å². The molecule has 6 heteroatoms. The Bertz CT molecular complexity index is 874. The molecule has 1 N–H and O–H groups in total. The van der Waals surface area contributed by atoms with Crippen LogP contribution in [0.4, 0.5) is 0 Å². The first-order valence-corrected chi connectivity index (χ1v) is 7.38. The van der Waals surface area contributed by atoms with Crippen molar-refractivity contribution in [2.75, 3.05) is 5.43 Å². The summed E-state index contributed by atoms with van der Waals surface area (Å²) in [4.78, 5) is 16.8. The largest absolute Gasteiger partial charge is 0.482 e. The Morgan fingerprint density at radius 3 is 2.61 bits per heavy atom. The van der Waals surface area contributed by atoms with Crippen LogP contribution >= 0.6 is 0 Å². The number of aromatic nitrogens is 2. The van der Waals surface area contributed by atoms with Gasteiger partial charge in [0.05, 0.1) is 11.0 Å². The Kier molecular flexibility index (Phi) is 3.15. The fourth-order valence-corrected chi connectivity index (χ4v) is 2.64. The summed E-state index contributed by atoms with van der Waals surface area (Å²) >= 11 is 0. The van der Waals surface area contributed by atoms with Crippen LogP contribution in [0.2, 0.25) is 0 Å². The van der Waals surface area contributed by atoms with Crippen molar-refractivity contribution >= 4 is 16.9 Å². The Hall–Kier alpha value is -3.02. The van der Waals surface area contributed by atoms with Crippen molar-refractivity contribution in [3.8, 4) is 11.5 Å². The van der Waals surface area contributed by atoms with Crippen molar-refractivity contribution in [2.24, 2.45) is 0 Å². The van der Waals surface area contributed by atoms with E-state index >= 15 is 0 Å². The molecule has 0 spiro atoms. The van der Waals surface area contributed by atoms with Gasteiger partial charge in [-0.2, -0.15) is 0 Å². The summed E-state index contributed by atoms with van der Waals surface area (Å²) in [6, 6.07) is 14.9. The van der Waals surface area contributed by atoms with Gasteiger partial charge in [-0.05, 0) is 31.2 Å². The summed E-state index contributed by atoms with van der Waals surface area (Å²) in [6.45, 7) is 1.81. The topological polar surface area (TPSA) is 65.4 Å². The molecule has 3 aromatic rings. The molecular formula is C17H15N3O3. The number of ether oxygens (including phenoxy) is 2. The number of hydrogen-bond donors (Lipinski definition) is 1. The zero-order chi connectivity index (χ0) is 15.8. The molecule has 4 rings (SSSR count). The Balaban J connectivity index is 1.58. The van der Waals surface area contributed by atoms with E-state index in [9.17, 15) is 4.79 Å². The molecule has 0 saturated heterocycles. The van der Waals surface area contributed by atoms with Gasteiger partial charge < -0.3 is 9.47 Å². The average Bonchev–Trinajstić information content (AvgIpc) is 2.97. The molecule has 23 heavy (non-hydrogen) atoms. The molecular weight excluding hydrogens is 294 g/mol. The van der Waals surface area contributed by atoms with E-state index in [0.717, 1.165) is 11.0 Å². The quantitative estimate of drug-likeness (QED) is 0.789. The van der Waals surface area contributed by atoms with Crippen molar-refractivity contribution in [3.05, 3.63) is 54.9 Å². The number of nitrogens with zero attached hydrogens (tertiary/aromatic N) is 2. The number of rotatable bonds is 2. The number of nitrogens with one attached hydrogen (secondary N) is 1. The molecule has 1 aliphatic rings. The normalized spacial score (nSPS) is 19.5. The van der Waals surface area contributed by atoms with Gasteiger partial charge in [0.25, 0.3) is 5.91 Å². The molecule has 0 unspecified atom stereocenters. The number of fused-ring (bicyclic) bond motifs is 2. The van der Waals surface area contributed by atoms with Crippen molar-refractivity contribution in [2.45, 2.75) is 19.1 Å². The lowest BCUT2D eigenvalue weighted by Gasteiger charge is -2.31. The van der Waals surface area contributed by atoms with Crippen LogP contribution < -0.4 is 14.9 Å². The molecule has 2 aromatic carbocycles. The minimum Gasteiger partial charge on any atom is -0.482 e. The van der Waals surface area contributed by atoms with Gasteiger partial charge in [0.1, 0.15) is 12.4 Å². The first-order valence-electron chi connectivity index (χ1n) is 7.38. The van der Waals surface area contributed by atoms with Crippen molar-refractivity contribution < 1.29 is 14.3 Å². The Morgan fingerprint density at radius 1 is 1.09 bits per heavy atom. The van der Waals surface area contributed by atoms with Gasteiger partial charge in [0, 0.05) is 0 Å². The third kappa shape index (κ3) is 2.38. The number of carbonyl (C=O) groups is 1. The number of imidazole rings is 1. The summed E-state index contributed by atoms with van der Waals surface area (Å²) in [5, 5.41) is 0. The van der Waals surface area contributed by atoms with Crippen molar-refractivity contribution in [1.29, 1.82) is 0 Å². The summed E-state index contributed by atoms with van der Waals surface area (Å²) in [5.41, 5.74) is 4.44. The highest BCUT2D eigenvalue weighted by Crippen LogP contribution is 2.33. The zero-order valence-electron chi connectivity index (χ0n) is 12.5. The number of para-hydroxylation sites is 4. The second kappa shape index (κ2) is 5.31. The van der Waals surface area contributed by atoms with E-state index in [1.807, 2.05) is 49.4 Å². The minimum atomic E-state index is -0.730. The van der Waals surface area contributed by atoms with Crippen LogP contribution in [-0.4, -0.2) is 27.8 Å². The summed E-state index contributed by atoms with van der Waals surface area (Å²) in [6.07, 6.45) is 0.455. The lowest BCUT2D eigenvalue weighted by molar-refractivity contribution is -0.128. The molecule has 0 radical (unpaired) electrons. The van der Waals surface area contributed by atoms with E-state index < -0.39 is 6.10 Å². The fraction of sp³-hybridized carbons (Fsp3) is 0.176. The van der Waals surface area contributed by atoms with Gasteiger partial charge in [-0.1, -0.05) is 24.3 Å². The van der Waals surface area contributed by atoms with E-state index in [1.54, 1.807) is 17.1 Å². The predicted molar refractivity (Wildman–Crippen MR) is 85.0 cm³/mol. The maximum Gasteiger partial charge on any atom is 0.283 e. The number of carbonyl (C=O) groups excluding carboxylic acids is 1. The Morgan fingerprint density at radius 2 is 1.78 bits per heavy atom. The van der Waals surface area contributed by atoms with Crippen LogP contribution in [0, 0.1) is 0 Å². The molecule has 1 aromatic heterocycles. The predicted octanol–water partition coefficient (Wildman–Crippen LogP) is 2.33. The summed E-state index contributed by atoms with van der Waals surface area (Å²) in [7, 11) is 0. The van der Waals surface area contributed by atoms with Gasteiger partial charge in [0.2, 0.25) is 6.10 Å². The molecule has 0 aliphatic carbocycles. The molecule has 0 saturated carbocycles. The molecule has 2 atom stereocenters. The van der Waals surface area contributed by atoms with Gasteiger partial charge >= 0.3 is 0 Å². The maximum atomic E-state index is 12.6. The maximum absolute atomic E-state index is 12.6. The monoisotopic (exact) mass is 309 g/mol. The van der Waals surface area contributed by atoms with Gasteiger partial charge in [-0.25, -0.2) is 9.66 Å². The van der Waals surface area contributed by atoms with Crippen molar-refractivity contribution in [3.63, 3.8) is 0 Å². The molecule has 1 aliphatic heterocycles. The number of hydrogen-bond acceptors (Lipinski definition) is 4. The van der Waals surface area contributed by atoms with Crippen LogP contribution in [0.1, 0.15) is 6.92 Å². The van der Waals surface area contributed by atoms with Gasteiger partial charge in [-0.3, -0.25) is 10.2 Å². The molecule has 116 valence electrons. The molecule has 0 bridgehead atoms. The highest BCUT2D eigenvalue weighted by molar-refractivity contribution is 5.90. The molecule has 0 fully saturated rings. The fourth-order valence-electron chi connectivity index (χ4n) is 2.64. The average molecular weight is 309 g/mol. The SMILES string of the molecule is C[C@@H]1Oc2ccccc2O[C@@H]1C(=O)Nn1cnc2ccccc21. The minimum absolute atomic E-state index is 0.282. The second-order valence-electron chi connectivity index (χ2n) is 5.39. The summed E-state index contributed by atoms with van der Waals surface area (Å²) < 4.78 is 13.1. The van der Waals surface area contributed by atoms with Crippen LogP contribution in [0.3, 0.4) is 0 Å². The lowest BCUT2D eigenvalue weighted by Crippen LogP contribution is -2.48. The number of amides is 1. The number of benzene rings is 2. The van der Waals surface area contributed by atoms with E-state index in [4.69, 9.17) is 9.47 Å². The van der Waals surface area contributed by atoms with Crippen LogP contribution in [0.25, 0.3) is 11.0 Å². The van der Waals surface area contributed by atoms with E-state index in [0.29, 0.717) is 11.5 Å². The molecule has 2 heterocycles. The third-order valence-electron chi connectivity index (χ3n) is 3.78. The van der Waals surface area contributed by atoms with Crippen molar-refractivity contribution in [1.82, 2.24) is 9.66 Å². The van der Waals surface area contributed by atoms with Gasteiger partial charge in [0.15, 0.2) is 11.5 Å². The highest BCUT2D eigenvalue weighted by atomic mass is 16.6. The first kappa shape index (κ1) is 13.6. The second-order valence-corrected chi connectivity index (χ2v) is 5.39. The Labute approximate surface area is 132 Å². The van der Waals surface area contributed by atoms with Crippen LogP contribution in [0.5, 0.6) is 11.5 Å². The highest BCUT2D eigenvalue weighted by Gasteiger charge is 2.34. The van der Waals surface area contributed by atoms with Crippen LogP contribution in [-0.2, 0) is 4.79 Å². The van der Waals surface area contributed by atoms with Crippen LogP contribution in [0.15, 0.2) is 54.9 Å². The molecule has 6 nitrogen and oxygen atoms in total. The molecule has 1 amide bonds. The van der Waals surface area contributed by atoms with E-state index in [2.05, 4.69) is 10.4 Å². The van der Waals surface area contributed by atoms with Gasteiger partial charge in [-0.15, -0.1) is 0 Å². The standard InChI is InChI=1S/C17H15N3O3/c1-11-16(23-15-9-5-4-8-14(15)22-11)17(21)19-20-10-18-12-6-2-3-7-13(12)20/h2-11,16H,1H3,(H,19,21)/t11-,16-/m0/s1. The smallest absolute Gasteiger partial charge is 0.283 e. The zero-order valence-corrected chi connectivity index (χ0v) is 12.5. The third-order valence-corrected chi connectivity index (χ3v) is 3.78. The summed E-state index contributed by atoms with van der Waals surface area (Å²) in [5.74, 6) is 0.938. The lowest BCUT2D eigenvalue weighted by atomic mass is 10.1. The first-order chi connectivity index (χ1) is 11.2. The van der Waals surface area contributed by atoms with E-state index in [1.165, 1.54) is 0 Å².